The fourth-order valence-electron chi connectivity index (χ4n) is 1.92. The number of ether oxygens (including phenoxy) is 1. The Morgan fingerprint density at radius 3 is 2.77 bits per heavy atom. The quantitative estimate of drug-likeness (QED) is 0.404. The van der Waals surface area contributed by atoms with Crippen molar-refractivity contribution in [2.75, 3.05) is 19.7 Å². The molecule has 1 aromatic heterocycles. The van der Waals surface area contributed by atoms with E-state index in [1.54, 1.807) is 0 Å². The number of hydrogen-bond acceptors (Lipinski definition) is 6. The van der Waals surface area contributed by atoms with Gasteiger partial charge in [0.25, 0.3) is 11.1 Å². The van der Waals surface area contributed by atoms with Crippen molar-refractivity contribution in [2.24, 2.45) is 5.92 Å². The zero-order valence-corrected chi connectivity index (χ0v) is 17.4. The minimum Gasteiger partial charge on any atom is -0.467 e. The molecular formula is C19H33N3O3S. The van der Waals surface area contributed by atoms with Crippen LogP contribution in [0.5, 0.6) is 5.19 Å². The Balaban J connectivity index is 2.28. The molecule has 1 rings (SSSR count). The van der Waals surface area contributed by atoms with Crippen LogP contribution in [-0.4, -0.2) is 47.3 Å². The van der Waals surface area contributed by atoms with E-state index >= 15 is 0 Å². The lowest BCUT2D eigenvalue weighted by atomic mass is 10.1. The molecule has 7 heteroatoms. The number of carbonyl (C=O) groups excluding carboxylic acids is 1. The number of aliphatic hydroxyl groups is 1. The van der Waals surface area contributed by atoms with Crippen LogP contribution in [0.15, 0.2) is 18.3 Å². The van der Waals surface area contributed by atoms with Crippen LogP contribution in [0.2, 0.25) is 0 Å². The molecule has 0 fully saturated rings. The lowest BCUT2D eigenvalue weighted by molar-refractivity contribution is 0.0958. The highest BCUT2D eigenvalue weighted by Crippen LogP contribution is 2.20. The first kappa shape index (κ1) is 22.6. The highest BCUT2D eigenvalue weighted by Gasteiger charge is 2.14. The van der Waals surface area contributed by atoms with Gasteiger partial charge in [-0.15, -0.1) is 0 Å². The number of nitrogens with zero attached hydrogens (tertiary/aromatic N) is 1. The number of rotatable bonds is 11. The van der Waals surface area contributed by atoms with Crippen molar-refractivity contribution >= 4 is 17.2 Å². The molecule has 1 unspecified atom stereocenters. The summed E-state index contributed by atoms with van der Waals surface area (Å²) in [6.45, 7) is 11.6. The van der Waals surface area contributed by atoms with Gasteiger partial charge in [0.05, 0.1) is 6.20 Å². The van der Waals surface area contributed by atoms with Crippen molar-refractivity contribution in [3.8, 4) is 5.19 Å². The van der Waals surface area contributed by atoms with Gasteiger partial charge in [-0.25, -0.2) is 4.98 Å². The smallest absolute Gasteiger partial charge is 0.273 e. The van der Waals surface area contributed by atoms with E-state index in [4.69, 9.17) is 4.74 Å². The maximum absolute atomic E-state index is 12.1. The van der Waals surface area contributed by atoms with E-state index in [0.29, 0.717) is 29.1 Å². The second-order valence-electron chi connectivity index (χ2n) is 7.73. The van der Waals surface area contributed by atoms with Gasteiger partial charge in [0.15, 0.2) is 0 Å². The molecular weight excluding hydrogens is 350 g/mol. The summed E-state index contributed by atoms with van der Waals surface area (Å²) in [6, 6.07) is 0. The van der Waals surface area contributed by atoms with Gasteiger partial charge in [-0.1, -0.05) is 37.3 Å². The van der Waals surface area contributed by atoms with Crippen LogP contribution in [0.1, 0.15) is 57.1 Å². The minimum atomic E-state index is -0.631. The molecule has 0 radical (unpaired) electrons. The first-order valence-corrected chi connectivity index (χ1v) is 9.94. The fourth-order valence-corrected chi connectivity index (χ4v) is 2.61. The van der Waals surface area contributed by atoms with Crippen LogP contribution >= 0.6 is 11.3 Å². The summed E-state index contributed by atoms with van der Waals surface area (Å²) in [6.07, 6.45) is 6.98. The largest absolute Gasteiger partial charge is 0.467 e. The Hall–Kier alpha value is -1.44. The fraction of sp³-hybridized carbons (Fsp3) is 0.684. The Labute approximate surface area is 161 Å². The molecule has 0 aliphatic rings. The molecule has 1 amide bonds. The predicted octanol–water partition coefficient (Wildman–Crippen LogP) is 2.99. The molecule has 1 heterocycles. The number of allylic oxidation sites excluding steroid dienone is 1. The van der Waals surface area contributed by atoms with Crippen molar-refractivity contribution in [1.29, 1.82) is 0 Å². The van der Waals surface area contributed by atoms with Gasteiger partial charge in [0, 0.05) is 18.6 Å². The maximum atomic E-state index is 12.1. The van der Waals surface area contributed by atoms with Crippen molar-refractivity contribution in [2.45, 2.75) is 59.1 Å². The van der Waals surface area contributed by atoms with Gasteiger partial charge in [-0.2, -0.15) is 0 Å². The second kappa shape index (κ2) is 11.3. The van der Waals surface area contributed by atoms with Crippen LogP contribution in [0.3, 0.4) is 0 Å². The number of carbonyl (C=O) groups is 1. The maximum Gasteiger partial charge on any atom is 0.273 e. The standard InChI is InChI=1S/C19H33N3O3S/c1-14(2)9-7-6-8-10-20-17(24)16-12-21-18(26-16)25-13-15(23)11-22-19(3,4)5/h6-7,12,14-15,22-23H,8-11,13H2,1-5H3,(H,20,24)/b7-6+. The van der Waals surface area contributed by atoms with E-state index in [1.165, 1.54) is 17.5 Å². The average molecular weight is 384 g/mol. The zero-order chi connectivity index (χ0) is 19.6. The molecule has 0 saturated heterocycles. The monoisotopic (exact) mass is 383 g/mol. The van der Waals surface area contributed by atoms with Crippen LogP contribution in [0, 0.1) is 5.92 Å². The molecule has 0 aliphatic heterocycles. The second-order valence-corrected chi connectivity index (χ2v) is 8.72. The molecule has 26 heavy (non-hydrogen) atoms. The van der Waals surface area contributed by atoms with Gasteiger partial charge in [-0.05, 0) is 39.5 Å². The normalized spacial score (nSPS) is 13.3. The number of nitrogens with one attached hydrogen (secondary N) is 2. The summed E-state index contributed by atoms with van der Waals surface area (Å²) in [7, 11) is 0. The number of β-amino-alcohol motifs (C(OH)–C–C–N with tert-alkyl or cyclic N) is 1. The number of thiazole rings is 1. The predicted molar refractivity (Wildman–Crippen MR) is 107 cm³/mol. The van der Waals surface area contributed by atoms with E-state index in [9.17, 15) is 9.90 Å². The summed E-state index contributed by atoms with van der Waals surface area (Å²) in [5.41, 5.74) is -0.0581. The van der Waals surface area contributed by atoms with Gasteiger partial charge < -0.3 is 20.5 Å². The molecule has 1 aromatic rings. The van der Waals surface area contributed by atoms with Gasteiger partial charge in [0.1, 0.15) is 17.6 Å². The van der Waals surface area contributed by atoms with Crippen molar-refractivity contribution in [3.05, 3.63) is 23.2 Å². The summed E-state index contributed by atoms with van der Waals surface area (Å²) in [5.74, 6) is 0.503. The third kappa shape index (κ3) is 10.5. The molecule has 0 spiro atoms. The minimum absolute atomic E-state index is 0.0581. The van der Waals surface area contributed by atoms with Crippen LogP contribution < -0.4 is 15.4 Å². The van der Waals surface area contributed by atoms with E-state index in [0.717, 1.165) is 12.8 Å². The highest BCUT2D eigenvalue weighted by molar-refractivity contribution is 7.15. The average Bonchev–Trinajstić information content (AvgIpc) is 3.02. The molecule has 3 N–H and O–H groups in total. The number of amides is 1. The summed E-state index contributed by atoms with van der Waals surface area (Å²) >= 11 is 1.18. The van der Waals surface area contributed by atoms with Gasteiger partial charge in [0.2, 0.25) is 0 Å². The van der Waals surface area contributed by atoms with E-state index < -0.39 is 6.10 Å². The molecule has 0 aliphatic carbocycles. The molecule has 0 saturated carbocycles. The van der Waals surface area contributed by atoms with Crippen molar-refractivity contribution < 1.29 is 14.6 Å². The number of aliphatic hydroxyl groups excluding tert-OH is 1. The Bertz CT molecular complexity index is 565. The Morgan fingerprint density at radius 2 is 2.12 bits per heavy atom. The molecule has 148 valence electrons. The van der Waals surface area contributed by atoms with Gasteiger partial charge in [-0.3, -0.25) is 4.79 Å². The number of aromatic nitrogens is 1. The molecule has 0 aromatic carbocycles. The first-order valence-electron chi connectivity index (χ1n) is 9.12. The molecule has 1 atom stereocenters. The topological polar surface area (TPSA) is 83.5 Å². The van der Waals surface area contributed by atoms with Crippen LogP contribution in [-0.2, 0) is 0 Å². The highest BCUT2D eigenvalue weighted by atomic mass is 32.1. The van der Waals surface area contributed by atoms with Gasteiger partial charge >= 0.3 is 0 Å². The molecule has 0 bridgehead atoms. The summed E-state index contributed by atoms with van der Waals surface area (Å²) in [5, 5.41) is 16.4. The lowest BCUT2D eigenvalue weighted by Crippen LogP contribution is -2.42. The van der Waals surface area contributed by atoms with Crippen molar-refractivity contribution in [3.63, 3.8) is 0 Å². The van der Waals surface area contributed by atoms with Crippen LogP contribution in [0.4, 0.5) is 0 Å². The van der Waals surface area contributed by atoms with E-state index in [1.807, 2.05) is 20.8 Å². The molecule has 6 nitrogen and oxygen atoms in total. The Kier molecular flexibility index (Phi) is 9.83. The lowest BCUT2D eigenvalue weighted by Gasteiger charge is -2.22. The van der Waals surface area contributed by atoms with Crippen LogP contribution in [0.25, 0.3) is 0 Å². The third-order valence-corrected chi connectivity index (χ3v) is 4.25. The zero-order valence-electron chi connectivity index (χ0n) is 16.5. The third-order valence-electron chi connectivity index (χ3n) is 3.35. The van der Waals surface area contributed by atoms with E-state index in [2.05, 4.69) is 41.6 Å². The van der Waals surface area contributed by atoms with E-state index in [-0.39, 0.29) is 18.1 Å². The number of hydrogen-bond donors (Lipinski definition) is 3. The SMILES string of the molecule is CC(C)C/C=C/CCNC(=O)c1cnc(OCC(O)CNC(C)(C)C)s1. The summed E-state index contributed by atoms with van der Waals surface area (Å²) < 4.78 is 5.47. The first-order chi connectivity index (χ1) is 12.2. The Morgan fingerprint density at radius 1 is 1.38 bits per heavy atom. The summed E-state index contributed by atoms with van der Waals surface area (Å²) in [4.78, 5) is 16.7. The van der Waals surface area contributed by atoms with Crippen molar-refractivity contribution in [1.82, 2.24) is 15.6 Å².